The van der Waals surface area contributed by atoms with Crippen LogP contribution in [0.1, 0.15) is 18.9 Å². The van der Waals surface area contributed by atoms with Gasteiger partial charge in [0.05, 0.1) is 11.6 Å². The lowest BCUT2D eigenvalue weighted by atomic mass is 10.0. The summed E-state index contributed by atoms with van der Waals surface area (Å²) in [6, 6.07) is 16.6. The number of hydrogen-bond acceptors (Lipinski definition) is 3. The highest BCUT2D eigenvalue weighted by molar-refractivity contribution is 5.72. The Morgan fingerprint density at radius 2 is 1.67 bits per heavy atom. The molecule has 0 radical (unpaired) electrons. The van der Waals surface area contributed by atoms with Gasteiger partial charge in [-0.25, -0.2) is 4.79 Å². The van der Waals surface area contributed by atoms with E-state index in [1.807, 2.05) is 24.3 Å². The molecular formula is C17H15NO3. The molecule has 0 saturated carbocycles. The molecule has 0 aliphatic heterocycles. The normalized spacial score (nSPS) is 11.4. The lowest BCUT2D eigenvalue weighted by Crippen LogP contribution is -2.25. The van der Waals surface area contributed by atoms with Crippen LogP contribution in [0.3, 0.4) is 0 Å². The number of hydrogen-bond donors (Lipinski definition) is 1. The number of benzene rings is 2. The van der Waals surface area contributed by atoms with Gasteiger partial charge >= 0.3 is 5.97 Å². The van der Waals surface area contributed by atoms with Crippen LogP contribution in [0.15, 0.2) is 48.5 Å². The first kappa shape index (κ1) is 14.6. The molecule has 1 atom stereocenters. The van der Waals surface area contributed by atoms with Crippen molar-refractivity contribution in [3.05, 3.63) is 54.1 Å². The molecule has 21 heavy (non-hydrogen) atoms. The minimum absolute atomic E-state index is 0.409. The van der Waals surface area contributed by atoms with E-state index in [-0.39, 0.29) is 0 Å². The van der Waals surface area contributed by atoms with Crippen LogP contribution in [-0.2, 0) is 4.79 Å². The van der Waals surface area contributed by atoms with Crippen LogP contribution >= 0.6 is 0 Å². The quantitative estimate of drug-likeness (QED) is 0.911. The first-order valence-corrected chi connectivity index (χ1v) is 6.64. The number of carboxylic acid groups (broad SMARTS) is 1. The fourth-order valence-electron chi connectivity index (χ4n) is 1.94. The molecule has 2 rings (SSSR count). The van der Waals surface area contributed by atoms with Crippen LogP contribution in [0.25, 0.3) is 11.1 Å². The van der Waals surface area contributed by atoms with E-state index in [0.29, 0.717) is 17.7 Å². The molecule has 0 aliphatic carbocycles. The monoisotopic (exact) mass is 281 g/mol. The summed E-state index contributed by atoms with van der Waals surface area (Å²) in [5.41, 5.74) is 2.59. The third-order valence-electron chi connectivity index (χ3n) is 3.13. The zero-order valence-corrected chi connectivity index (χ0v) is 11.6. The van der Waals surface area contributed by atoms with Gasteiger partial charge in [-0.2, -0.15) is 5.26 Å². The third kappa shape index (κ3) is 3.61. The molecule has 106 valence electrons. The predicted octanol–water partition coefficient (Wildman–Crippen LogP) is 3.47. The second-order valence-corrected chi connectivity index (χ2v) is 4.57. The highest BCUT2D eigenvalue weighted by atomic mass is 16.5. The third-order valence-corrected chi connectivity index (χ3v) is 3.13. The van der Waals surface area contributed by atoms with E-state index in [1.54, 1.807) is 31.2 Å². The summed E-state index contributed by atoms with van der Waals surface area (Å²) in [5.74, 6) is -0.435. The molecule has 2 aromatic rings. The molecular weight excluding hydrogens is 266 g/mol. The Labute approximate surface area is 123 Å². The summed E-state index contributed by atoms with van der Waals surface area (Å²) in [6.45, 7) is 1.77. The SMILES string of the molecule is CCC(Oc1ccc(-c2ccc(C#N)cc2)cc1)C(=O)O. The summed E-state index contributed by atoms with van der Waals surface area (Å²) in [6.07, 6.45) is -0.419. The van der Waals surface area contributed by atoms with E-state index in [9.17, 15) is 4.79 Å². The predicted molar refractivity (Wildman–Crippen MR) is 78.9 cm³/mol. The lowest BCUT2D eigenvalue weighted by Gasteiger charge is -2.13. The van der Waals surface area contributed by atoms with Crippen LogP contribution in [0.4, 0.5) is 0 Å². The van der Waals surface area contributed by atoms with E-state index >= 15 is 0 Å². The fourth-order valence-corrected chi connectivity index (χ4v) is 1.94. The van der Waals surface area contributed by atoms with Crippen molar-refractivity contribution >= 4 is 5.97 Å². The highest BCUT2D eigenvalue weighted by Gasteiger charge is 2.16. The maximum atomic E-state index is 10.9. The highest BCUT2D eigenvalue weighted by Crippen LogP contribution is 2.23. The Bertz CT molecular complexity index is 654. The zero-order valence-electron chi connectivity index (χ0n) is 11.6. The van der Waals surface area contributed by atoms with Crippen molar-refractivity contribution in [1.82, 2.24) is 0 Å². The molecule has 1 N–H and O–H groups in total. The van der Waals surface area contributed by atoms with E-state index in [4.69, 9.17) is 15.1 Å². The first-order chi connectivity index (χ1) is 10.1. The Morgan fingerprint density at radius 3 is 2.10 bits per heavy atom. The van der Waals surface area contributed by atoms with Gasteiger partial charge in [0.1, 0.15) is 5.75 Å². The van der Waals surface area contributed by atoms with E-state index < -0.39 is 12.1 Å². The molecule has 0 fully saturated rings. The number of ether oxygens (including phenoxy) is 1. The van der Waals surface area contributed by atoms with Gasteiger partial charge in [0.25, 0.3) is 0 Å². The Kier molecular flexibility index (Phi) is 4.57. The van der Waals surface area contributed by atoms with Crippen molar-refractivity contribution in [1.29, 1.82) is 5.26 Å². The summed E-state index contributed by atoms with van der Waals surface area (Å²) in [5, 5.41) is 17.7. The van der Waals surface area contributed by atoms with Gasteiger partial charge in [-0.1, -0.05) is 31.2 Å². The molecule has 1 unspecified atom stereocenters. The summed E-state index contributed by atoms with van der Waals surface area (Å²) < 4.78 is 5.41. The van der Waals surface area contributed by atoms with Crippen LogP contribution < -0.4 is 4.74 Å². The second-order valence-electron chi connectivity index (χ2n) is 4.57. The molecule has 0 aliphatic rings. The van der Waals surface area contributed by atoms with Gasteiger partial charge in [0, 0.05) is 0 Å². The van der Waals surface area contributed by atoms with Gasteiger partial charge in [-0.3, -0.25) is 0 Å². The minimum atomic E-state index is -0.964. The molecule has 4 nitrogen and oxygen atoms in total. The maximum Gasteiger partial charge on any atom is 0.344 e. The smallest absolute Gasteiger partial charge is 0.344 e. The van der Waals surface area contributed by atoms with Crippen LogP contribution in [-0.4, -0.2) is 17.2 Å². The molecule has 0 aromatic heterocycles. The summed E-state index contributed by atoms with van der Waals surface area (Å²) in [7, 11) is 0. The Morgan fingerprint density at radius 1 is 1.14 bits per heavy atom. The second kappa shape index (κ2) is 6.58. The Balaban J connectivity index is 2.14. The molecule has 2 aromatic carbocycles. The van der Waals surface area contributed by atoms with Crippen molar-refractivity contribution in [2.75, 3.05) is 0 Å². The maximum absolute atomic E-state index is 10.9. The van der Waals surface area contributed by atoms with Gasteiger partial charge < -0.3 is 9.84 Å². The summed E-state index contributed by atoms with van der Waals surface area (Å²) in [4.78, 5) is 10.9. The Hall–Kier alpha value is -2.80. The summed E-state index contributed by atoms with van der Waals surface area (Å²) >= 11 is 0. The number of nitrogens with zero attached hydrogens (tertiary/aromatic N) is 1. The first-order valence-electron chi connectivity index (χ1n) is 6.64. The van der Waals surface area contributed by atoms with Gasteiger partial charge in [0.2, 0.25) is 0 Å². The van der Waals surface area contributed by atoms with Crippen molar-refractivity contribution in [2.45, 2.75) is 19.4 Å². The van der Waals surface area contributed by atoms with Gasteiger partial charge in [-0.15, -0.1) is 0 Å². The average molecular weight is 281 g/mol. The van der Waals surface area contributed by atoms with Crippen molar-refractivity contribution in [2.24, 2.45) is 0 Å². The molecule has 0 amide bonds. The van der Waals surface area contributed by atoms with Crippen molar-refractivity contribution in [3.8, 4) is 22.9 Å². The minimum Gasteiger partial charge on any atom is -0.479 e. The number of carbonyl (C=O) groups is 1. The molecule has 0 bridgehead atoms. The van der Waals surface area contributed by atoms with Crippen LogP contribution in [0.2, 0.25) is 0 Å². The van der Waals surface area contributed by atoms with Gasteiger partial charge in [-0.05, 0) is 41.8 Å². The van der Waals surface area contributed by atoms with Crippen molar-refractivity contribution < 1.29 is 14.6 Å². The van der Waals surface area contributed by atoms with Gasteiger partial charge in [0.15, 0.2) is 6.10 Å². The number of nitriles is 1. The largest absolute Gasteiger partial charge is 0.479 e. The van der Waals surface area contributed by atoms with E-state index in [0.717, 1.165) is 11.1 Å². The van der Waals surface area contributed by atoms with E-state index in [1.165, 1.54) is 0 Å². The zero-order chi connectivity index (χ0) is 15.2. The molecule has 4 heteroatoms. The van der Waals surface area contributed by atoms with Crippen molar-refractivity contribution in [3.63, 3.8) is 0 Å². The lowest BCUT2D eigenvalue weighted by molar-refractivity contribution is -0.145. The average Bonchev–Trinajstić information content (AvgIpc) is 2.53. The van der Waals surface area contributed by atoms with Crippen LogP contribution in [0, 0.1) is 11.3 Å². The fraction of sp³-hybridized carbons (Fsp3) is 0.176. The molecule has 0 heterocycles. The number of aliphatic carboxylic acids is 1. The molecule has 0 saturated heterocycles. The standard InChI is InChI=1S/C17H15NO3/c1-2-16(17(19)20)21-15-9-7-14(8-10-15)13-5-3-12(11-18)4-6-13/h3-10,16H,2H2,1H3,(H,19,20). The number of carboxylic acids is 1. The number of rotatable bonds is 5. The van der Waals surface area contributed by atoms with Crippen LogP contribution in [0.5, 0.6) is 5.75 Å². The topological polar surface area (TPSA) is 70.3 Å². The molecule has 0 spiro atoms. The van der Waals surface area contributed by atoms with E-state index in [2.05, 4.69) is 6.07 Å².